The van der Waals surface area contributed by atoms with Crippen molar-refractivity contribution in [2.24, 2.45) is 45.7 Å². The molecule has 3 N–H and O–H groups in total. The summed E-state index contributed by atoms with van der Waals surface area (Å²) in [6.07, 6.45) is 10.5. The van der Waals surface area contributed by atoms with E-state index in [1.54, 1.807) is 0 Å². The van der Waals surface area contributed by atoms with E-state index >= 15 is 0 Å². The lowest BCUT2D eigenvalue weighted by Crippen LogP contribution is -2.69. The number of nitrogens with two attached hydrogens (primary N) is 1. The van der Waals surface area contributed by atoms with E-state index in [1.165, 1.54) is 19.3 Å². The Kier molecular flexibility index (Phi) is 4.39. The maximum Gasteiger partial charge on any atom is 0.309 e. The van der Waals surface area contributed by atoms with Crippen LogP contribution in [0.5, 0.6) is 0 Å². The van der Waals surface area contributed by atoms with E-state index in [9.17, 15) is 14.1 Å². The summed E-state index contributed by atoms with van der Waals surface area (Å²) in [5.74, 6) is 1.92. The van der Waals surface area contributed by atoms with Gasteiger partial charge in [-0.3, -0.25) is 9.00 Å². The number of aliphatic carboxylic acids is 1. The molecule has 5 rings (SSSR count). The first-order valence-corrected chi connectivity index (χ1v) is 12.2. The fraction of sp³-hybridized carbons (Fsp3) is 0.952. The number of carboxylic acid groups (broad SMARTS) is 1. The summed E-state index contributed by atoms with van der Waals surface area (Å²) < 4.78 is 11.9. The van der Waals surface area contributed by atoms with Crippen molar-refractivity contribution in [2.75, 3.05) is 12.0 Å². The topological polar surface area (TPSA) is 80.4 Å². The van der Waals surface area contributed by atoms with Gasteiger partial charge < -0.3 is 10.8 Å². The Morgan fingerprint density at radius 3 is 2.50 bits per heavy atom. The molecule has 4 nitrogen and oxygen atoms in total. The fourth-order valence-corrected chi connectivity index (χ4v) is 9.36. The Hall–Kier alpha value is -0.420. The van der Waals surface area contributed by atoms with Crippen molar-refractivity contribution in [1.29, 1.82) is 0 Å². The molecule has 0 saturated heterocycles. The number of hydrogen-bond donors (Lipinski definition) is 2. The zero-order valence-electron chi connectivity index (χ0n) is 16.5. The van der Waals surface area contributed by atoms with Crippen LogP contribution in [0.3, 0.4) is 0 Å². The molecule has 26 heavy (non-hydrogen) atoms. The van der Waals surface area contributed by atoms with Crippen LogP contribution in [0.25, 0.3) is 0 Å². The molecule has 5 saturated carbocycles. The third-order valence-electron chi connectivity index (χ3n) is 9.53. The molecule has 1 spiro atoms. The summed E-state index contributed by atoms with van der Waals surface area (Å²) >= 11 is 0. The van der Waals surface area contributed by atoms with Gasteiger partial charge in [-0.25, -0.2) is 0 Å². The van der Waals surface area contributed by atoms with Crippen molar-refractivity contribution in [3.05, 3.63) is 0 Å². The molecule has 1 unspecified atom stereocenters. The van der Waals surface area contributed by atoms with Gasteiger partial charge in [0, 0.05) is 28.9 Å². The van der Waals surface area contributed by atoms with Gasteiger partial charge in [-0.1, -0.05) is 13.3 Å². The second kappa shape index (κ2) is 6.04. The zero-order chi connectivity index (χ0) is 18.9. The Bertz CT molecular complexity index is 639. The van der Waals surface area contributed by atoms with Crippen LogP contribution in [0, 0.1) is 39.9 Å². The van der Waals surface area contributed by atoms with E-state index in [0.29, 0.717) is 17.8 Å². The van der Waals surface area contributed by atoms with Crippen molar-refractivity contribution in [2.45, 2.75) is 71.3 Å². The highest BCUT2D eigenvalue weighted by Gasteiger charge is 2.68. The van der Waals surface area contributed by atoms with Gasteiger partial charge >= 0.3 is 5.97 Å². The lowest BCUT2D eigenvalue weighted by molar-refractivity contribution is -0.209. The van der Waals surface area contributed by atoms with Crippen LogP contribution in [-0.4, -0.2) is 33.3 Å². The number of carboxylic acids is 1. The Labute approximate surface area is 160 Å². The monoisotopic (exact) mass is 381 g/mol. The van der Waals surface area contributed by atoms with E-state index in [2.05, 4.69) is 6.92 Å². The maximum atomic E-state index is 12.2. The highest BCUT2D eigenvalue weighted by atomic mass is 32.2. The predicted molar refractivity (Wildman–Crippen MR) is 104 cm³/mol. The van der Waals surface area contributed by atoms with Gasteiger partial charge in [-0.05, 0) is 86.4 Å². The van der Waals surface area contributed by atoms with Crippen LogP contribution >= 0.6 is 0 Å². The molecular formula is C21H35NO3S. The van der Waals surface area contributed by atoms with Gasteiger partial charge in [-0.2, -0.15) is 0 Å². The summed E-state index contributed by atoms with van der Waals surface area (Å²) in [6, 6.07) is 0.139. The minimum Gasteiger partial charge on any atom is -0.481 e. The maximum absolute atomic E-state index is 12.2. The second-order valence-corrected chi connectivity index (χ2v) is 11.9. The molecule has 5 aliphatic carbocycles. The molecule has 0 aromatic carbocycles. The third kappa shape index (κ3) is 2.35. The molecule has 0 amide bonds. The van der Waals surface area contributed by atoms with E-state index < -0.39 is 22.2 Å². The summed E-state index contributed by atoms with van der Waals surface area (Å²) in [5, 5.41) is 10.0. The molecular weight excluding hydrogens is 346 g/mol. The lowest BCUT2D eigenvalue weighted by atomic mass is 9.35. The Balaban J connectivity index is 1.71. The van der Waals surface area contributed by atoms with Crippen molar-refractivity contribution in [3.63, 3.8) is 0 Å². The minimum absolute atomic E-state index is 0.0935. The molecule has 5 fully saturated rings. The quantitative estimate of drug-likeness (QED) is 0.785. The highest BCUT2D eigenvalue weighted by Crippen LogP contribution is 2.71. The van der Waals surface area contributed by atoms with Gasteiger partial charge in [-0.15, -0.1) is 0 Å². The predicted octanol–water partition coefficient (Wildman–Crippen LogP) is 3.42. The zero-order valence-corrected chi connectivity index (χ0v) is 17.3. The third-order valence-corrected chi connectivity index (χ3v) is 10.4. The number of carbonyl (C=O) groups is 1. The van der Waals surface area contributed by atoms with E-state index in [0.717, 1.165) is 37.9 Å². The first-order valence-electron chi connectivity index (χ1n) is 10.4. The fourth-order valence-electron chi connectivity index (χ4n) is 8.34. The number of fused-ring (bicyclic) bond motifs is 3. The summed E-state index contributed by atoms with van der Waals surface area (Å²) in [5.41, 5.74) is 6.58. The molecule has 0 aromatic heterocycles. The van der Waals surface area contributed by atoms with Crippen LogP contribution in [0.15, 0.2) is 0 Å². The van der Waals surface area contributed by atoms with Crippen molar-refractivity contribution in [3.8, 4) is 0 Å². The van der Waals surface area contributed by atoms with Crippen molar-refractivity contribution >= 4 is 16.8 Å². The normalized spacial score (nSPS) is 54.2. The Morgan fingerprint density at radius 1 is 1.15 bits per heavy atom. The first kappa shape index (κ1) is 18.9. The average Bonchev–Trinajstić information content (AvgIpc) is 2.57. The molecule has 0 heterocycles. The van der Waals surface area contributed by atoms with Gasteiger partial charge in [0.1, 0.15) is 0 Å². The molecule has 0 radical (unpaired) electrons. The van der Waals surface area contributed by atoms with Crippen molar-refractivity contribution < 1.29 is 14.1 Å². The SMILES string of the molecule is CS(=O)C[C@H]1[C@@H]2CC[C@@]3(CC[C@H]4[C@@](C)(CCC[C@@]4(C)C(=O)O)[C@@H]3C2)[C@@H]1N. The van der Waals surface area contributed by atoms with E-state index in [4.69, 9.17) is 5.73 Å². The molecule has 5 heteroatoms. The summed E-state index contributed by atoms with van der Waals surface area (Å²) in [7, 11) is -0.796. The first-order chi connectivity index (χ1) is 12.1. The second-order valence-electron chi connectivity index (χ2n) is 10.4. The average molecular weight is 382 g/mol. The minimum atomic E-state index is -0.796. The Morgan fingerprint density at radius 2 is 1.85 bits per heavy atom. The molecule has 0 aromatic rings. The number of hydrogen-bond acceptors (Lipinski definition) is 3. The van der Waals surface area contributed by atoms with E-state index in [1.807, 2.05) is 13.2 Å². The molecule has 2 bridgehead atoms. The highest BCUT2D eigenvalue weighted by molar-refractivity contribution is 7.84. The summed E-state index contributed by atoms with van der Waals surface area (Å²) in [4.78, 5) is 12.2. The van der Waals surface area contributed by atoms with Crippen molar-refractivity contribution in [1.82, 2.24) is 0 Å². The van der Waals surface area contributed by atoms with Crippen LogP contribution in [0.1, 0.15) is 65.2 Å². The van der Waals surface area contributed by atoms with Crippen LogP contribution in [-0.2, 0) is 15.6 Å². The van der Waals surface area contributed by atoms with Gasteiger partial charge in [0.05, 0.1) is 5.41 Å². The molecule has 0 aliphatic heterocycles. The smallest absolute Gasteiger partial charge is 0.309 e. The summed E-state index contributed by atoms with van der Waals surface area (Å²) in [6.45, 7) is 4.39. The van der Waals surface area contributed by atoms with E-state index in [-0.39, 0.29) is 22.8 Å². The van der Waals surface area contributed by atoms with Gasteiger partial charge in [0.25, 0.3) is 0 Å². The van der Waals surface area contributed by atoms with Crippen LogP contribution < -0.4 is 5.73 Å². The molecule has 5 aliphatic rings. The molecule has 148 valence electrons. The van der Waals surface area contributed by atoms with Gasteiger partial charge in [0.15, 0.2) is 0 Å². The van der Waals surface area contributed by atoms with Crippen LogP contribution in [0.2, 0.25) is 0 Å². The van der Waals surface area contributed by atoms with Crippen LogP contribution in [0.4, 0.5) is 0 Å². The lowest BCUT2D eigenvalue weighted by Gasteiger charge is -2.70. The number of rotatable bonds is 3. The molecule has 9 atom stereocenters. The van der Waals surface area contributed by atoms with Gasteiger partial charge in [0.2, 0.25) is 0 Å². The standard InChI is InChI=1S/C21H35NO3S/c1-19-7-4-8-20(2,18(23)24)15(19)6-10-21-9-5-13(11-16(19)21)14(17(21)22)12-26(3)25/h13-17H,4-12,22H2,1-3H3,(H,23,24)/t13-,14+,15+,16+,17-,19-,20-,21+,26?/m1/s1. The largest absolute Gasteiger partial charge is 0.481 e.